The van der Waals surface area contributed by atoms with Crippen LogP contribution in [0.2, 0.25) is 0 Å². The lowest BCUT2D eigenvalue weighted by molar-refractivity contribution is -0.143. The largest absolute Gasteiger partial charge is 0.396 e. The van der Waals surface area contributed by atoms with E-state index < -0.39 is 5.41 Å². The maximum Gasteiger partial charge on any atom is 0.228 e. The summed E-state index contributed by atoms with van der Waals surface area (Å²) in [5, 5.41) is 17.1. The summed E-state index contributed by atoms with van der Waals surface area (Å²) >= 11 is 0. The van der Waals surface area contributed by atoms with Crippen LogP contribution in [0, 0.1) is 16.7 Å². The molecule has 7 heteroatoms. The van der Waals surface area contributed by atoms with E-state index in [1.807, 2.05) is 29.6 Å². The number of hydrogen-bond donors (Lipinski definition) is 1. The Morgan fingerprint density at radius 3 is 1.97 bits per heavy atom. The van der Waals surface area contributed by atoms with Gasteiger partial charge in [0.1, 0.15) is 0 Å². The quantitative estimate of drug-likeness (QED) is 0.603. The molecule has 1 aliphatic rings. The summed E-state index contributed by atoms with van der Waals surface area (Å²) in [6, 6.07) is 0. The first-order valence-corrected chi connectivity index (χ1v) is 13.1. The van der Waals surface area contributed by atoms with Crippen LogP contribution in [-0.4, -0.2) is 75.6 Å². The van der Waals surface area contributed by atoms with Crippen LogP contribution >= 0.6 is 0 Å². The molecule has 2 heterocycles. The van der Waals surface area contributed by atoms with Gasteiger partial charge in [0.2, 0.25) is 5.91 Å². The molecule has 0 saturated carbocycles. The van der Waals surface area contributed by atoms with Gasteiger partial charge in [0.25, 0.3) is 0 Å². The van der Waals surface area contributed by atoms with Crippen LogP contribution in [0.3, 0.4) is 0 Å². The average molecular weight is 482 g/mol. The molecule has 0 bridgehead atoms. The zero-order valence-corrected chi connectivity index (χ0v) is 24.4. The van der Waals surface area contributed by atoms with Gasteiger partial charge >= 0.3 is 0 Å². The van der Waals surface area contributed by atoms with E-state index in [9.17, 15) is 4.79 Å². The van der Waals surface area contributed by atoms with E-state index in [0.29, 0.717) is 17.9 Å². The third kappa shape index (κ3) is 11.8. The normalized spacial score (nSPS) is 15.4. The monoisotopic (exact) mass is 481 g/mol. The van der Waals surface area contributed by atoms with Gasteiger partial charge in [-0.2, -0.15) is 0 Å². The Kier molecular flexibility index (Phi) is 13.6. The van der Waals surface area contributed by atoms with Crippen molar-refractivity contribution in [2.45, 2.75) is 101 Å². The van der Waals surface area contributed by atoms with Gasteiger partial charge in [-0.25, -0.2) is 4.68 Å². The molecule has 1 aromatic rings. The van der Waals surface area contributed by atoms with Gasteiger partial charge in [-0.05, 0) is 51.5 Å². The summed E-state index contributed by atoms with van der Waals surface area (Å²) in [6.45, 7) is 27.0. The molecule has 1 amide bonds. The molecular weight excluding hydrogens is 426 g/mol. The zero-order chi connectivity index (χ0) is 26.7. The summed E-state index contributed by atoms with van der Waals surface area (Å²) in [4.78, 5) is 17.3. The topological polar surface area (TPSA) is 74.5 Å². The first kappa shape index (κ1) is 32.5. The highest BCUT2D eigenvalue weighted by Crippen LogP contribution is 2.34. The van der Waals surface area contributed by atoms with Gasteiger partial charge in [0, 0.05) is 44.4 Å². The molecule has 1 saturated heterocycles. The lowest BCUT2D eigenvalue weighted by atomic mass is 9.78. The molecule has 7 nitrogen and oxygen atoms in total. The number of rotatable bonds is 7. The lowest BCUT2D eigenvalue weighted by Gasteiger charge is -2.40. The van der Waals surface area contributed by atoms with Crippen molar-refractivity contribution in [2.75, 3.05) is 39.8 Å². The summed E-state index contributed by atoms with van der Waals surface area (Å²) < 4.78 is 1.93. The van der Waals surface area contributed by atoms with Crippen LogP contribution in [-0.2, 0) is 16.8 Å². The van der Waals surface area contributed by atoms with Crippen LogP contribution in [0.4, 0.5) is 0 Å². The summed E-state index contributed by atoms with van der Waals surface area (Å²) in [6.07, 6.45) is 4.60. The van der Waals surface area contributed by atoms with Crippen molar-refractivity contribution >= 4 is 5.91 Å². The van der Waals surface area contributed by atoms with E-state index in [1.54, 1.807) is 0 Å². The van der Waals surface area contributed by atoms with Crippen LogP contribution in [0.15, 0.2) is 6.20 Å². The number of nitrogens with zero attached hydrogens (tertiary/aromatic N) is 5. The minimum absolute atomic E-state index is 0.246. The Bertz CT molecular complexity index is 696. The molecule has 1 fully saturated rings. The molecular formula is C27H55N5O2. The van der Waals surface area contributed by atoms with Crippen molar-refractivity contribution in [3.8, 4) is 0 Å². The first-order valence-electron chi connectivity index (χ1n) is 13.1. The highest BCUT2D eigenvalue weighted by atomic mass is 16.3. The fourth-order valence-corrected chi connectivity index (χ4v) is 4.12. The van der Waals surface area contributed by atoms with E-state index >= 15 is 0 Å². The van der Waals surface area contributed by atoms with Crippen LogP contribution in [0.25, 0.3) is 0 Å². The number of carbonyl (C=O) groups is 1. The van der Waals surface area contributed by atoms with Gasteiger partial charge in [0.05, 0.1) is 11.2 Å². The second kappa shape index (κ2) is 14.2. The summed E-state index contributed by atoms with van der Waals surface area (Å²) in [7, 11) is 2.11. The Balaban J connectivity index is 0.00000104. The standard InChI is InChI=1S/C19H35N5O.C6H14O.C2H6/c1-15(2)12-16-13-24(21-20-16)19(5,6)14-18(3,4)17(25)23-10-8-22(7)9-11-23;1-6(2,3)4-5-7;1-2/h13,15H,8-12,14H2,1-7H3;7H,4-5H2,1-3H3;1-2H3. The number of aromatic nitrogens is 3. The van der Waals surface area contributed by atoms with E-state index in [2.05, 4.69) is 84.6 Å². The number of amides is 1. The molecule has 1 aromatic heterocycles. The fourth-order valence-electron chi connectivity index (χ4n) is 4.12. The molecule has 0 atom stereocenters. The molecule has 200 valence electrons. The van der Waals surface area contributed by atoms with E-state index in [4.69, 9.17) is 5.11 Å². The smallest absolute Gasteiger partial charge is 0.228 e. The van der Waals surface area contributed by atoms with Crippen molar-refractivity contribution < 1.29 is 9.90 Å². The van der Waals surface area contributed by atoms with Crippen molar-refractivity contribution in [2.24, 2.45) is 16.7 Å². The van der Waals surface area contributed by atoms with Crippen molar-refractivity contribution in [1.82, 2.24) is 24.8 Å². The Morgan fingerprint density at radius 2 is 1.56 bits per heavy atom. The van der Waals surface area contributed by atoms with Gasteiger partial charge in [-0.3, -0.25) is 4.79 Å². The summed E-state index contributed by atoms with van der Waals surface area (Å²) in [5.74, 6) is 0.805. The summed E-state index contributed by atoms with van der Waals surface area (Å²) in [5.41, 5.74) is 0.637. The van der Waals surface area contributed by atoms with E-state index in [1.165, 1.54) is 0 Å². The van der Waals surface area contributed by atoms with Crippen LogP contribution in [0.1, 0.15) is 94.7 Å². The van der Waals surface area contributed by atoms with Crippen molar-refractivity contribution in [3.63, 3.8) is 0 Å². The first-order chi connectivity index (χ1) is 15.6. The zero-order valence-electron chi connectivity index (χ0n) is 24.4. The average Bonchev–Trinajstić information content (AvgIpc) is 3.17. The molecule has 0 aromatic carbocycles. The van der Waals surface area contributed by atoms with E-state index in [-0.39, 0.29) is 11.4 Å². The Hall–Kier alpha value is -1.47. The molecule has 0 radical (unpaired) electrons. The Labute approximate surface area is 210 Å². The molecule has 1 aliphatic heterocycles. The van der Waals surface area contributed by atoms with Crippen molar-refractivity contribution in [1.29, 1.82) is 0 Å². The molecule has 1 N–H and O–H groups in total. The van der Waals surface area contributed by atoms with Gasteiger partial charge in [0.15, 0.2) is 0 Å². The molecule has 0 spiro atoms. The predicted molar refractivity (Wildman–Crippen MR) is 143 cm³/mol. The second-order valence-electron chi connectivity index (χ2n) is 12.3. The number of aliphatic hydroxyl groups is 1. The van der Waals surface area contributed by atoms with E-state index in [0.717, 1.165) is 51.1 Å². The number of piperazine rings is 1. The third-order valence-corrected chi connectivity index (χ3v) is 5.88. The Morgan fingerprint density at radius 1 is 1.03 bits per heavy atom. The molecule has 2 rings (SSSR count). The minimum Gasteiger partial charge on any atom is -0.396 e. The number of likely N-dealkylation sites (N-methyl/N-ethyl adjacent to an activating group) is 1. The van der Waals surface area contributed by atoms with Gasteiger partial charge in [-0.1, -0.05) is 67.5 Å². The number of carbonyl (C=O) groups excluding carboxylic acids is 1. The highest BCUT2D eigenvalue weighted by Gasteiger charge is 2.39. The SMILES string of the molecule is CC.CC(C)(C)CCO.CC(C)Cc1cn(C(C)(C)CC(C)(C)C(=O)N2CCN(C)CC2)nn1. The molecule has 0 unspecified atom stereocenters. The maximum absolute atomic E-state index is 13.0. The number of hydrogen-bond acceptors (Lipinski definition) is 5. The number of aliphatic hydroxyl groups excluding tert-OH is 1. The predicted octanol–water partition coefficient (Wildman–Crippen LogP) is 4.84. The molecule has 34 heavy (non-hydrogen) atoms. The minimum atomic E-state index is -0.427. The van der Waals surface area contributed by atoms with Crippen molar-refractivity contribution in [3.05, 3.63) is 11.9 Å². The van der Waals surface area contributed by atoms with Crippen LogP contribution in [0.5, 0.6) is 0 Å². The lowest BCUT2D eigenvalue weighted by Crippen LogP contribution is -2.52. The second-order valence-corrected chi connectivity index (χ2v) is 12.3. The maximum atomic E-state index is 13.0. The third-order valence-electron chi connectivity index (χ3n) is 5.88. The highest BCUT2D eigenvalue weighted by molar-refractivity contribution is 5.82. The van der Waals surface area contributed by atoms with Crippen LogP contribution < -0.4 is 0 Å². The fraction of sp³-hybridized carbons (Fsp3) is 0.889. The van der Waals surface area contributed by atoms with Gasteiger partial charge in [-0.15, -0.1) is 5.10 Å². The molecule has 0 aliphatic carbocycles. The van der Waals surface area contributed by atoms with Gasteiger partial charge < -0.3 is 14.9 Å².